The van der Waals surface area contributed by atoms with E-state index in [2.05, 4.69) is 72.2 Å². The number of hydrogen-bond donors (Lipinski definition) is 1. The van der Waals surface area contributed by atoms with E-state index in [1.54, 1.807) is 0 Å². The van der Waals surface area contributed by atoms with Gasteiger partial charge < -0.3 is 9.88 Å². The van der Waals surface area contributed by atoms with E-state index in [9.17, 15) is 0 Å². The van der Waals surface area contributed by atoms with E-state index in [0.717, 1.165) is 24.5 Å². The molecule has 0 saturated carbocycles. The highest BCUT2D eigenvalue weighted by Gasteiger charge is 2.12. The van der Waals surface area contributed by atoms with Gasteiger partial charge in [-0.3, -0.25) is 0 Å². The first-order chi connectivity index (χ1) is 9.56. The van der Waals surface area contributed by atoms with Gasteiger partial charge in [-0.1, -0.05) is 30.3 Å². The molecule has 0 saturated heterocycles. The summed E-state index contributed by atoms with van der Waals surface area (Å²) in [5, 5.41) is 3.43. The van der Waals surface area contributed by atoms with Crippen molar-refractivity contribution in [3.05, 3.63) is 47.8 Å². The smallest absolute Gasteiger partial charge is 0.203 e. The zero-order chi connectivity index (χ0) is 14.5. The molecular weight excluding hydrogens is 246 g/mol. The lowest BCUT2D eigenvalue weighted by Crippen LogP contribution is -2.16. The van der Waals surface area contributed by atoms with Crippen molar-refractivity contribution in [1.29, 1.82) is 0 Å². The van der Waals surface area contributed by atoms with Crippen LogP contribution in [0.3, 0.4) is 0 Å². The van der Waals surface area contributed by atoms with Crippen LogP contribution in [0.2, 0.25) is 0 Å². The van der Waals surface area contributed by atoms with Gasteiger partial charge in [-0.25, -0.2) is 4.98 Å². The Morgan fingerprint density at radius 2 is 1.85 bits per heavy atom. The highest BCUT2D eigenvalue weighted by Crippen LogP contribution is 2.21. The first-order valence-electron chi connectivity index (χ1n) is 7.42. The van der Waals surface area contributed by atoms with Crippen LogP contribution in [0.15, 0.2) is 36.5 Å². The fraction of sp³-hybridized carbons (Fsp3) is 0.471. The average molecular weight is 271 g/mol. The molecule has 2 aromatic rings. The van der Waals surface area contributed by atoms with E-state index < -0.39 is 0 Å². The van der Waals surface area contributed by atoms with Crippen LogP contribution in [0.25, 0.3) is 0 Å². The van der Waals surface area contributed by atoms with E-state index >= 15 is 0 Å². The fourth-order valence-electron chi connectivity index (χ4n) is 2.38. The second kappa shape index (κ2) is 6.60. The van der Waals surface area contributed by atoms with Gasteiger partial charge in [0, 0.05) is 18.3 Å². The second-order valence-electron chi connectivity index (χ2n) is 5.79. The fourth-order valence-corrected chi connectivity index (χ4v) is 2.38. The quantitative estimate of drug-likeness (QED) is 0.853. The summed E-state index contributed by atoms with van der Waals surface area (Å²) in [6.07, 6.45) is 4.35. The molecule has 108 valence electrons. The van der Waals surface area contributed by atoms with Gasteiger partial charge in [0.2, 0.25) is 5.95 Å². The van der Waals surface area contributed by atoms with Gasteiger partial charge in [0.25, 0.3) is 0 Å². The van der Waals surface area contributed by atoms with Gasteiger partial charge in [0.05, 0.1) is 5.69 Å². The molecule has 0 amide bonds. The van der Waals surface area contributed by atoms with Crippen LogP contribution in [0.5, 0.6) is 0 Å². The lowest BCUT2D eigenvalue weighted by atomic mass is 10.1. The van der Waals surface area contributed by atoms with E-state index in [1.165, 1.54) is 5.56 Å². The van der Waals surface area contributed by atoms with Gasteiger partial charge in [-0.2, -0.15) is 0 Å². The summed E-state index contributed by atoms with van der Waals surface area (Å²) >= 11 is 0. The van der Waals surface area contributed by atoms with Crippen LogP contribution < -0.4 is 5.32 Å². The summed E-state index contributed by atoms with van der Waals surface area (Å²) in [5.41, 5.74) is 2.47. The van der Waals surface area contributed by atoms with Crippen molar-refractivity contribution in [1.82, 2.24) is 9.55 Å². The van der Waals surface area contributed by atoms with Gasteiger partial charge in [-0.15, -0.1) is 0 Å². The van der Waals surface area contributed by atoms with Crippen LogP contribution in [0.4, 0.5) is 5.95 Å². The number of anilines is 1. The highest BCUT2D eigenvalue weighted by atomic mass is 15.2. The van der Waals surface area contributed by atoms with Gasteiger partial charge in [0.15, 0.2) is 0 Å². The van der Waals surface area contributed by atoms with E-state index in [1.807, 2.05) is 6.92 Å². The first kappa shape index (κ1) is 14.6. The number of aryl methyl sites for hydroxylation is 2. The Bertz CT molecular complexity index is 528. The highest BCUT2D eigenvalue weighted by molar-refractivity contribution is 5.30. The van der Waals surface area contributed by atoms with E-state index in [0.29, 0.717) is 12.1 Å². The molecule has 0 bridgehead atoms. The van der Waals surface area contributed by atoms with Crippen molar-refractivity contribution in [3.8, 4) is 0 Å². The zero-order valence-corrected chi connectivity index (χ0v) is 12.9. The molecule has 0 radical (unpaired) electrons. The van der Waals surface area contributed by atoms with Gasteiger partial charge in [-0.05, 0) is 46.1 Å². The number of rotatable bonds is 6. The Kier molecular flexibility index (Phi) is 4.83. The molecule has 0 aliphatic carbocycles. The Morgan fingerprint density at radius 3 is 2.50 bits per heavy atom. The minimum Gasteiger partial charge on any atom is -0.353 e. The monoisotopic (exact) mass is 271 g/mol. The molecule has 20 heavy (non-hydrogen) atoms. The number of nitrogens with one attached hydrogen (secondary N) is 1. The second-order valence-corrected chi connectivity index (χ2v) is 5.79. The standard InChI is InChI=1S/C17H25N3/c1-13(2)18-17-19-14(3)12-20(17)15(4)10-11-16-8-6-5-7-9-16/h5-9,12-13,15H,10-11H2,1-4H3,(H,18,19). The average Bonchev–Trinajstić information content (AvgIpc) is 2.77. The Labute approximate surface area is 122 Å². The summed E-state index contributed by atoms with van der Waals surface area (Å²) in [7, 11) is 0. The normalized spacial score (nSPS) is 12.7. The molecule has 0 fully saturated rings. The molecule has 1 unspecified atom stereocenters. The molecular formula is C17H25N3. The van der Waals surface area contributed by atoms with Crippen LogP contribution in [0.1, 0.15) is 44.5 Å². The molecule has 0 aliphatic heterocycles. The molecule has 1 N–H and O–H groups in total. The Balaban J connectivity index is 2.03. The topological polar surface area (TPSA) is 29.9 Å². The minimum atomic E-state index is 0.400. The van der Waals surface area contributed by atoms with Crippen molar-refractivity contribution >= 4 is 5.95 Å². The van der Waals surface area contributed by atoms with Crippen molar-refractivity contribution in [3.63, 3.8) is 0 Å². The van der Waals surface area contributed by atoms with E-state index in [4.69, 9.17) is 0 Å². The first-order valence-corrected chi connectivity index (χ1v) is 7.42. The predicted octanol–water partition coefficient (Wildman–Crippen LogP) is 4.21. The summed E-state index contributed by atoms with van der Waals surface area (Å²) in [4.78, 5) is 4.58. The molecule has 3 nitrogen and oxygen atoms in total. The summed E-state index contributed by atoms with van der Waals surface area (Å²) in [5.74, 6) is 0.984. The minimum absolute atomic E-state index is 0.400. The van der Waals surface area contributed by atoms with Crippen molar-refractivity contribution < 1.29 is 0 Å². The maximum absolute atomic E-state index is 4.58. The Morgan fingerprint density at radius 1 is 1.15 bits per heavy atom. The van der Waals surface area contributed by atoms with Gasteiger partial charge in [0.1, 0.15) is 0 Å². The van der Waals surface area contributed by atoms with Crippen LogP contribution in [-0.2, 0) is 6.42 Å². The zero-order valence-electron chi connectivity index (χ0n) is 12.9. The Hall–Kier alpha value is -1.77. The number of hydrogen-bond acceptors (Lipinski definition) is 2. The molecule has 3 heteroatoms. The number of nitrogens with zero attached hydrogens (tertiary/aromatic N) is 2. The van der Waals surface area contributed by atoms with E-state index in [-0.39, 0.29) is 0 Å². The third-order valence-electron chi connectivity index (χ3n) is 3.44. The molecule has 0 spiro atoms. The van der Waals surface area contributed by atoms with Crippen molar-refractivity contribution in [2.45, 2.75) is 52.6 Å². The predicted molar refractivity (Wildman–Crippen MR) is 85.2 cm³/mol. The summed E-state index contributed by atoms with van der Waals surface area (Å²) in [6.45, 7) is 8.59. The van der Waals surface area contributed by atoms with Crippen LogP contribution >= 0.6 is 0 Å². The molecule has 2 rings (SSSR count). The third kappa shape index (κ3) is 3.86. The number of benzene rings is 1. The SMILES string of the molecule is Cc1cn(C(C)CCc2ccccc2)c(NC(C)C)n1. The molecule has 1 atom stereocenters. The van der Waals surface area contributed by atoms with Crippen LogP contribution in [-0.4, -0.2) is 15.6 Å². The number of aromatic nitrogens is 2. The summed E-state index contributed by atoms with van der Waals surface area (Å²) < 4.78 is 2.26. The lowest BCUT2D eigenvalue weighted by molar-refractivity contribution is 0.509. The van der Waals surface area contributed by atoms with Gasteiger partial charge >= 0.3 is 0 Å². The lowest BCUT2D eigenvalue weighted by Gasteiger charge is -2.18. The molecule has 1 aromatic carbocycles. The van der Waals surface area contributed by atoms with Crippen molar-refractivity contribution in [2.75, 3.05) is 5.32 Å². The largest absolute Gasteiger partial charge is 0.353 e. The maximum atomic E-state index is 4.58. The number of imidazole rings is 1. The maximum Gasteiger partial charge on any atom is 0.203 e. The van der Waals surface area contributed by atoms with Crippen LogP contribution in [0, 0.1) is 6.92 Å². The molecule has 1 heterocycles. The third-order valence-corrected chi connectivity index (χ3v) is 3.44. The van der Waals surface area contributed by atoms with Crippen molar-refractivity contribution in [2.24, 2.45) is 0 Å². The summed E-state index contributed by atoms with van der Waals surface area (Å²) in [6, 6.07) is 11.5. The molecule has 1 aromatic heterocycles. The molecule has 0 aliphatic rings.